The van der Waals surface area contributed by atoms with Crippen molar-refractivity contribution in [2.75, 3.05) is 12.3 Å². The second-order valence-electron chi connectivity index (χ2n) is 7.08. The fourth-order valence-electron chi connectivity index (χ4n) is 3.12. The van der Waals surface area contributed by atoms with Crippen LogP contribution in [0.1, 0.15) is 19.3 Å². The molecule has 0 bridgehead atoms. The summed E-state index contributed by atoms with van der Waals surface area (Å²) >= 11 is 0. The predicted octanol–water partition coefficient (Wildman–Crippen LogP) is 1.15. The van der Waals surface area contributed by atoms with Gasteiger partial charge in [-0.2, -0.15) is 33.7 Å². The summed E-state index contributed by atoms with van der Waals surface area (Å²) in [5, 5.41) is 0.0913. The lowest BCUT2D eigenvalue weighted by molar-refractivity contribution is 0.467. The van der Waals surface area contributed by atoms with Crippen LogP contribution in [0.3, 0.4) is 0 Å². The molecule has 12 nitrogen and oxygen atoms in total. The fourth-order valence-corrected chi connectivity index (χ4v) is 10.7. The summed E-state index contributed by atoms with van der Waals surface area (Å²) in [6, 6.07) is 6.88. The minimum Gasteiger partial charge on any atom is -0.282 e. The van der Waals surface area contributed by atoms with Crippen molar-refractivity contribution >= 4 is 68.2 Å². The average Bonchev–Trinajstić information content (AvgIpc) is 2.69. The van der Waals surface area contributed by atoms with Crippen molar-refractivity contribution in [3.63, 3.8) is 0 Å². The highest BCUT2D eigenvalue weighted by Gasteiger charge is 2.28. The van der Waals surface area contributed by atoms with E-state index in [1.807, 2.05) is 0 Å². The van der Waals surface area contributed by atoms with Gasteiger partial charge in [0.2, 0.25) is 0 Å². The topological polar surface area (TPSA) is 217 Å². The Morgan fingerprint density at radius 2 is 0.857 bits per heavy atom. The quantitative estimate of drug-likeness (QED) is 0.152. The first-order chi connectivity index (χ1) is 15.9. The van der Waals surface area contributed by atoms with Crippen molar-refractivity contribution in [1.82, 2.24) is 0 Å². The largest absolute Gasteiger partial charge is 0.296 e. The zero-order valence-corrected chi connectivity index (χ0v) is 23.0. The lowest BCUT2D eigenvalue weighted by Gasteiger charge is -2.11. The van der Waals surface area contributed by atoms with E-state index in [0.717, 1.165) is 12.1 Å². The van der Waals surface area contributed by atoms with Crippen LogP contribution in [0.15, 0.2) is 56.0 Å². The van der Waals surface area contributed by atoms with Crippen LogP contribution >= 0.6 is 17.2 Å². The molecule has 0 aliphatic carbocycles. The monoisotopic (exact) mass is 608 g/mol. The van der Waals surface area contributed by atoms with Crippen molar-refractivity contribution < 1.29 is 51.9 Å². The Balaban J connectivity index is 2.01. The van der Waals surface area contributed by atoms with Gasteiger partial charge in [-0.25, -0.2) is 0 Å². The molecule has 35 heavy (non-hydrogen) atoms. The summed E-state index contributed by atoms with van der Waals surface area (Å²) in [6.07, 6.45) is 2.56. The van der Waals surface area contributed by atoms with Crippen LogP contribution in [-0.4, -0.2) is 64.2 Å². The lowest BCUT2D eigenvalue weighted by Crippen LogP contribution is -2.17. The van der Waals surface area contributed by atoms with E-state index in [9.17, 15) is 51.9 Å². The molecule has 4 N–H and O–H groups in total. The van der Waals surface area contributed by atoms with Gasteiger partial charge in [0.05, 0.1) is 0 Å². The van der Waals surface area contributed by atoms with E-state index >= 15 is 0 Å². The molecule has 0 saturated carbocycles. The second kappa shape index (κ2) is 11.5. The number of hydrogen-bond donors (Lipinski definition) is 4. The Labute approximate surface area is 207 Å². The Morgan fingerprint density at radius 3 is 1.14 bits per heavy atom. The highest BCUT2D eigenvalue weighted by Crippen LogP contribution is 2.27. The van der Waals surface area contributed by atoms with Crippen molar-refractivity contribution in [1.29, 1.82) is 0 Å². The Hall–Kier alpha value is -1.06. The highest BCUT2D eigenvalue weighted by molar-refractivity contribution is 7.90. The minimum atomic E-state index is -4.92. The van der Waals surface area contributed by atoms with Gasteiger partial charge in [-0.3, -0.25) is 18.2 Å². The van der Waals surface area contributed by atoms with Gasteiger partial charge in [0.1, 0.15) is 19.6 Å². The molecule has 2 rings (SSSR count). The summed E-state index contributed by atoms with van der Waals surface area (Å²) in [5.74, 6) is 0. The summed E-state index contributed by atoms with van der Waals surface area (Å²) in [7, 11) is -20.0. The molecule has 0 fully saturated rings. The normalized spacial score (nSPS) is 13.8. The van der Waals surface area contributed by atoms with Gasteiger partial charge in [-0.05, 0) is 47.9 Å². The lowest BCUT2D eigenvalue weighted by atomic mass is 10.3. The van der Waals surface area contributed by atoms with Crippen molar-refractivity contribution in [3.05, 3.63) is 36.4 Å². The molecule has 2 aromatic rings. The molecule has 0 aliphatic rings. The van der Waals surface area contributed by atoms with Gasteiger partial charge in [0, 0.05) is 0 Å². The molecule has 0 heterocycles. The number of benzene rings is 2. The third-order valence-electron chi connectivity index (χ3n) is 4.51. The third kappa shape index (κ3) is 8.49. The Kier molecular flexibility index (Phi) is 9.95. The Bertz CT molecular complexity index is 1400. The summed E-state index contributed by atoms with van der Waals surface area (Å²) < 4.78 is 130. The molecule has 0 aliphatic heterocycles. The van der Waals surface area contributed by atoms with Gasteiger partial charge < -0.3 is 0 Å². The summed E-state index contributed by atoms with van der Waals surface area (Å²) in [6.45, 7) is 0. The number of unbranched alkanes of at least 4 members (excludes halogenated alkanes) is 2. The molecule has 2 unspecified atom stereocenters. The highest BCUT2D eigenvalue weighted by atomic mass is 32.2. The fraction of sp³-hybridized carbons (Fsp3) is 0.294. The van der Waals surface area contributed by atoms with Crippen LogP contribution in [0.5, 0.6) is 0 Å². The Morgan fingerprint density at radius 1 is 0.514 bits per heavy atom. The SMILES string of the molecule is O=S(=O)(O)c1cccc(PCCCCCPc2cccc(S(=O)(=O)O)c2S(=O)(=O)O)c1S(=O)(=O)O. The molecule has 0 aromatic heterocycles. The van der Waals surface area contributed by atoms with Crippen molar-refractivity contribution in [2.45, 2.75) is 38.8 Å². The van der Waals surface area contributed by atoms with E-state index < -0.39 is 60.1 Å². The smallest absolute Gasteiger partial charge is 0.282 e. The first-order valence-corrected chi connectivity index (χ1v) is 17.7. The summed E-state index contributed by atoms with van der Waals surface area (Å²) in [5.41, 5.74) is 0. The first kappa shape index (κ1) is 30.2. The molecule has 0 saturated heterocycles. The number of rotatable bonds is 12. The molecule has 196 valence electrons. The van der Waals surface area contributed by atoms with Crippen LogP contribution in [0.4, 0.5) is 0 Å². The van der Waals surface area contributed by atoms with E-state index in [1.54, 1.807) is 0 Å². The molecule has 2 atom stereocenters. The van der Waals surface area contributed by atoms with E-state index in [0.29, 0.717) is 31.6 Å². The van der Waals surface area contributed by atoms with Crippen molar-refractivity contribution in [2.24, 2.45) is 0 Å². The maximum atomic E-state index is 11.7. The van der Waals surface area contributed by atoms with E-state index in [1.165, 1.54) is 24.3 Å². The number of hydrogen-bond acceptors (Lipinski definition) is 8. The van der Waals surface area contributed by atoms with Crippen LogP contribution < -0.4 is 10.6 Å². The van der Waals surface area contributed by atoms with Gasteiger partial charge in [-0.15, -0.1) is 0 Å². The zero-order chi connectivity index (χ0) is 26.7. The molecular weight excluding hydrogens is 586 g/mol. The molecule has 18 heteroatoms. The van der Waals surface area contributed by atoms with Crippen LogP contribution in [0.2, 0.25) is 0 Å². The maximum Gasteiger partial charge on any atom is 0.296 e. The molecule has 0 amide bonds. The first-order valence-electron chi connectivity index (χ1n) is 9.58. The van der Waals surface area contributed by atoms with Crippen LogP contribution in [-0.2, 0) is 40.5 Å². The second-order valence-corrected chi connectivity index (χ2v) is 15.4. The van der Waals surface area contributed by atoms with Gasteiger partial charge in [0.15, 0.2) is 0 Å². The zero-order valence-electron chi connectivity index (χ0n) is 17.7. The van der Waals surface area contributed by atoms with Gasteiger partial charge >= 0.3 is 0 Å². The molecular formula is C17H22O12P2S4. The predicted molar refractivity (Wildman–Crippen MR) is 132 cm³/mol. The van der Waals surface area contributed by atoms with Crippen LogP contribution in [0, 0.1) is 0 Å². The third-order valence-corrected chi connectivity index (χ3v) is 11.6. The molecule has 0 radical (unpaired) electrons. The van der Waals surface area contributed by atoms with Crippen LogP contribution in [0.25, 0.3) is 0 Å². The van der Waals surface area contributed by atoms with E-state index in [2.05, 4.69) is 0 Å². The summed E-state index contributed by atoms with van der Waals surface area (Å²) in [4.78, 5) is -3.54. The van der Waals surface area contributed by atoms with Gasteiger partial charge in [-0.1, -0.05) is 47.8 Å². The molecule has 0 spiro atoms. The standard InChI is InChI=1S/C17H22O12P2S4/c18-32(19,20)14-8-4-6-12(16(14)34(24,25)26)30-10-2-1-3-11-31-13-7-5-9-15(33(21,22)23)17(13)35(27,28)29/h4-9,30-31H,1-3,10-11H2,(H,18,19,20)(H,21,22,23)(H,24,25,26)(H,27,28,29). The van der Waals surface area contributed by atoms with E-state index in [4.69, 9.17) is 0 Å². The minimum absolute atomic E-state index is 0.0457. The van der Waals surface area contributed by atoms with E-state index in [-0.39, 0.29) is 27.8 Å². The van der Waals surface area contributed by atoms with Crippen molar-refractivity contribution in [3.8, 4) is 0 Å². The molecule has 2 aromatic carbocycles. The van der Waals surface area contributed by atoms with Gasteiger partial charge in [0.25, 0.3) is 40.5 Å². The average molecular weight is 609 g/mol. The maximum absolute atomic E-state index is 11.7.